The van der Waals surface area contributed by atoms with Crippen LogP contribution in [0, 0.1) is 5.82 Å². The maximum atomic E-state index is 12.8. The van der Waals surface area contributed by atoms with Crippen LogP contribution >= 0.6 is 11.6 Å². The molecule has 0 heterocycles. The third-order valence-corrected chi connectivity index (χ3v) is 4.05. The van der Waals surface area contributed by atoms with Gasteiger partial charge in [-0.3, -0.25) is 4.79 Å². The van der Waals surface area contributed by atoms with Crippen molar-refractivity contribution in [3.05, 3.63) is 29.0 Å². The molecule has 0 saturated heterocycles. The normalized spacial score (nSPS) is 11.3. The quantitative estimate of drug-likeness (QED) is 0.812. The first kappa shape index (κ1) is 15.9. The zero-order valence-corrected chi connectivity index (χ0v) is 11.7. The number of esters is 1. The molecule has 0 fully saturated rings. The maximum Gasteiger partial charge on any atom is 0.307 e. The van der Waals surface area contributed by atoms with Gasteiger partial charge < -0.3 is 4.74 Å². The molecule has 0 spiro atoms. The number of hydrogen-bond donors (Lipinski definition) is 1. The van der Waals surface area contributed by atoms with E-state index in [0.29, 0.717) is 0 Å². The van der Waals surface area contributed by atoms with E-state index in [0.717, 1.165) is 18.2 Å². The fraction of sp³-hybridized carbons (Fsp3) is 0.364. The van der Waals surface area contributed by atoms with Gasteiger partial charge in [0, 0.05) is 6.54 Å². The number of nitrogens with one attached hydrogen (secondary N) is 1. The number of sulfonamides is 1. The molecule has 1 N–H and O–H groups in total. The van der Waals surface area contributed by atoms with E-state index >= 15 is 0 Å². The number of halogens is 2. The van der Waals surface area contributed by atoms with Gasteiger partial charge in [-0.05, 0) is 25.1 Å². The lowest BCUT2D eigenvalue weighted by atomic mass is 10.3. The predicted octanol–water partition coefficient (Wildman–Crippen LogP) is 1.71. The molecule has 5 nitrogen and oxygen atoms in total. The first-order valence-electron chi connectivity index (χ1n) is 5.47. The third kappa shape index (κ3) is 4.77. The van der Waals surface area contributed by atoms with Crippen LogP contribution in [0.5, 0.6) is 0 Å². The van der Waals surface area contributed by atoms with Crippen molar-refractivity contribution in [2.75, 3.05) is 13.2 Å². The summed E-state index contributed by atoms with van der Waals surface area (Å²) in [5, 5.41) is -0.219. The Bertz CT molecular complexity index is 562. The van der Waals surface area contributed by atoms with Gasteiger partial charge in [-0.1, -0.05) is 11.6 Å². The van der Waals surface area contributed by atoms with E-state index in [1.807, 2.05) is 0 Å². The second kappa shape index (κ2) is 6.83. The Labute approximate surface area is 115 Å². The van der Waals surface area contributed by atoms with Crippen LogP contribution in [0.3, 0.4) is 0 Å². The highest BCUT2D eigenvalue weighted by molar-refractivity contribution is 7.89. The third-order valence-electron chi connectivity index (χ3n) is 2.11. The molecule has 0 saturated carbocycles. The standard InChI is InChI=1S/C11H13ClFNO4S/c1-2-18-11(15)5-6-14-19(16,17)10-4-3-8(13)7-9(10)12/h3-4,7,14H,2,5-6H2,1H3. The lowest BCUT2D eigenvalue weighted by Gasteiger charge is -2.08. The minimum atomic E-state index is -3.87. The highest BCUT2D eigenvalue weighted by Gasteiger charge is 2.18. The molecule has 0 radical (unpaired) electrons. The van der Waals surface area contributed by atoms with Crippen LogP contribution in [0.2, 0.25) is 5.02 Å². The van der Waals surface area contributed by atoms with Crippen molar-refractivity contribution in [3.63, 3.8) is 0 Å². The zero-order valence-electron chi connectivity index (χ0n) is 10.2. The Balaban J connectivity index is 2.68. The van der Waals surface area contributed by atoms with Crippen molar-refractivity contribution in [1.29, 1.82) is 0 Å². The Morgan fingerprint density at radius 1 is 1.47 bits per heavy atom. The number of carbonyl (C=O) groups excluding carboxylic acids is 1. The molecule has 0 aliphatic heterocycles. The van der Waals surface area contributed by atoms with E-state index in [-0.39, 0.29) is 29.5 Å². The largest absolute Gasteiger partial charge is 0.466 e. The molecule has 0 unspecified atom stereocenters. The van der Waals surface area contributed by atoms with E-state index in [2.05, 4.69) is 9.46 Å². The number of hydrogen-bond acceptors (Lipinski definition) is 4. The Morgan fingerprint density at radius 3 is 2.74 bits per heavy atom. The van der Waals surface area contributed by atoms with Crippen molar-refractivity contribution in [1.82, 2.24) is 4.72 Å². The number of benzene rings is 1. The van der Waals surface area contributed by atoms with E-state index in [4.69, 9.17) is 11.6 Å². The molecule has 0 amide bonds. The van der Waals surface area contributed by atoms with E-state index in [9.17, 15) is 17.6 Å². The molecule has 0 aliphatic carbocycles. The van der Waals surface area contributed by atoms with Crippen molar-refractivity contribution in [3.8, 4) is 0 Å². The summed E-state index contributed by atoms with van der Waals surface area (Å²) in [6, 6.07) is 2.96. The summed E-state index contributed by atoms with van der Waals surface area (Å²) >= 11 is 5.65. The van der Waals surface area contributed by atoms with Crippen molar-refractivity contribution >= 4 is 27.6 Å². The van der Waals surface area contributed by atoms with Crippen molar-refractivity contribution < 1.29 is 22.3 Å². The van der Waals surface area contributed by atoms with Gasteiger partial charge >= 0.3 is 5.97 Å². The summed E-state index contributed by atoms with van der Waals surface area (Å²) in [7, 11) is -3.87. The Morgan fingerprint density at radius 2 is 2.16 bits per heavy atom. The van der Waals surface area contributed by atoms with Gasteiger partial charge in [0.25, 0.3) is 0 Å². The summed E-state index contributed by atoms with van der Waals surface area (Å²) in [4.78, 5) is 10.8. The van der Waals surface area contributed by atoms with Crippen LogP contribution in [-0.4, -0.2) is 27.5 Å². The van der Waals surface area contributed by atoms with Gasteiger partial charge in [0.2, 0.25) is 10.0 Å². The zero-order chi connectivity index (χ0) is 14.5. The second-order valence-electron chi connectivity index (χ2n) is 3.53. The summed E-state index contributed by atoms with van der Waals surface area (Å²) in [6.45, 7) is 1.77. The molecule has 8 heteroatoms. The molecule has 1 rings (SSSR count). The molecule has 106 valence electrons. The second-order valence-corrected chi connectivity index (χ2v) is 5.67. The van der Waals surface area contributed by atoms with E-state index < -0.39 is 21.8 Å². The fourth-order valence-electron chi connectivity index (χ4n) is 1.29. The van der Waals surface area contributed by atoms with Crippen molar-refractivity contribution in [2.45, 2.75) is 18.2 Å². The van der Waals surface area contributed by atoms with Crippen LogP contribution in [0.4, 0.5) is 4.39 Å². The van der Waals surface area contributed by atoms with Gasteiger partial charge in [0.15, 0.2) is 0 Å². The number of rotatable bonds is 6. The smallest absolute Gasteiger partial charge is 0.307 e. The lowest BCUT2D eigenvalue weighted by Crippen LogP contribution is -2.27. The molecular formula is C11H13ClFNO4S. The van der Waals surface area contributed by atoms with Gasteiger partial charge in [-0.15, -0.1) is 0 Å². The Kier molecular flexibility index (Phi) is 5.71. The summed E-state index contributed by atoms with van der Waals surface area (Å²) in [5.41, 5.74) is 0. The van der Waals surface area contributed by atoms with E-state index in [1.54, 1.807) is 6.92 Å². The SMILES string of the molecule is CCOC(=O)CCNS(=O)(=O)c1ccc(F)cc1Cl. The van der Waals surface area contributed by atoms with Crippen LogP contribution in [-0.2, 0) is 19.6 Å². The lowest BCUT2D eigenvalue weighted by molar-refractivity contribution is -0.142. The summed E-state index contributed by atoms with van der Waals surface area (Å²) in [6.07, 6.45) is -0.0914. The minimum Gasteiger partial charge on any atom is -0.466 e. The van der Waals surface area contributed by atoms with Gasteiger partial charge in [0.1, 0.15) is 10.7 Å². The first-order chi connectivity index (χ1) is 8.86. The molecule has 19 heavy (non-hydrogen) atoms. The average Bonchev–Trinajstić information content (AvgIpc) is 2.28. The monoisotopic (exact) mass is 309 g/mol. The predicted molar refractivity (Wildman–Crippen MR) is 67.8 cm³/mol. The van der Waals surface area contributed by atoms with Gasteiger partial charge in [-0.2, -0.15) is 0 Å². The van der Waals surface area contributed by atoms with Gasteiger partial charge in [-0.25, -0.2) is 17.5 Å². The molecule has 0 aliphatic rings. The highest BCUT2D eigenvalue weighted by atomic mass is 35.5. The number of carbonyl (C=O) groups is 1. The van der Waals surface area contributed by atoms with Crippen LogP contribution < -0.4 is 4.72 Å². The van der Waals surface area contributed by atoms with Crippen molar-refractivity contribution in [2.24, 2.45) is 0 Å². The highest BCUT2D eigenvalue weighted by Crippen LogP contribution is 2.21. The van der Waals surface area contributed by atoms with Crippen LogP contribution in [0.1, 0.15) is 13.3 Å². The first-order valence-corrected chi connectivity index (χ1v) is 7.33. The molecule has 1 aromatic rings. The molecule has 0 atom stereocenters. The topological polar surface area (TPSA) is 72.5 Å². The minimum absolute atomic E-state index is 0.0914. The Hall–Kier alpha value is -1.18. The van der Waals surface area contributed by atoms with E-state index in [1.165, 1.54) is 0 Å². The van der Waals surface area contributed by atoms with Crippen LogP contribution in [0.25, 0.3) is 0 Å². The molecule has 0 bridgehead atoms. The summed E-state index contributed by atoms with van der Waals surface area (Å²) < 4.78 is 43.3. The number of ether oxygens (including phenoxy) is 1. The summed E-state index contributed by atoms with van der Waals surface area (Å²) in [5.74, 6) is -1.13. The molecular weight excluding hydrogens is 297 g/mol. The average molecular weight is 310 g/mol. The molecule has 0 aromatic heterocycles. The maximum absolute atomic E-state index is 12.8. The molecule has 1 aromatic carbocycles. The van der Waals surface area contributed by atoms with Gasteiger partial charge in [0.05, 0.1) is 18.1 Å². The van der Waals surface area contributed by atoms with Crippen LogP contribution in [0.15, 0.2) is 23.1 Å². The fourth-order valence-corrected chi connectivity index (χ4v) is 2.85.